The molecule has 2 aromatic rings. The van der Waals surface area contributed by atoms with E-state index in [1.807, 2.05) is 30.3 Å². The third-order valence-electron chi connectivity index (χ3n) is 3.47. The van der Waals surface area contributed by atoms with Gasteiger partial charge in [0.15, 0.2) is 0 Å². The summed E-state index contributed by atoms with van der Waals surface area (Å²) in [5, 5.41) is 15.3. The van der Waals surface area contributed by atoms with Crippen molar-refractivity contribution < 1.29 is 14.7 Å². The zero-order valence-corrected chi connectivity index (χ0v) is 14.0. The van der Waals surface area contributed by atoms with Crippen molar-refractivity contribution in [3.8, 4) is 0 Å². The molecule has 0 aliphatic heterocycles. The van der Waals surface area contributed by atoms with Crippen LogP contribution >= 0.6 is 11.6 Å². The summed E-state index contributed by atoms with van der Waals surface area (Å²) in [6, 6.07) is 14.4. The molecule has 2 amide bonds. The van der Waals surface area contributed by atoms with E-state index in [0.717, 1.165) is 11.1 Å². The Labute approximate surface area is 145 Å². The average Bonchev–Trinajstić information content (AvgIpc) is 2.57. The van der Waals surface area contributed by atoms with Crippen LogP contribution in [0.1, 0.15) is 11.1 Å². The van der Waals surface area contributed by atoms with E-state index in [1.165, 1.54) is 0 Å². The molecular formula is C18H19ClN2O3. The first-order valence-corrected chi connectivity index (χ1v) is 7.91. The largest absolute Gasteiger partial charge is 0.391 e. The lowest BCUT2D eigenvalue weighted by Gasteiger charge is -2.12. The third-order valence-corrected chi connectivity index (χ3v) is 3.70. The quantitative estimate of drug-likeness (QED) is 0.727. The second kappa shape index (κ2) is 8.47. The highest BCUT2D eigenvalue weighted by Gasteiger charge is 2.16. The number of hydrogen-bond acceptors (Lipinski definition) is 3. The van der Waals surface area contributed by atoms with Crippen molar-refractivity contribution in [2.24, 2.45) is 0 Å². The fourth-order valence-electron chi connectivity index (χ4n) is 2.16. The van der Waals surface area contributed by atoms with Gasteiger partial charge in [-0.15, -0.1) is 0 Å². The number of rotatable bonds is 5. The molecule has 0 fully saturated rings. The SMILES string of the molecule is Cc1ccc(Cl)cc1NC(=O)C(=O)NCC(O)Cc1ccccc1. The molecule has 0 heterocycles. The van der Waals surface area contributed by atoms with Crippen LogP contribution in [0.15, 0.2) is 48.5 Å². The summed E-state index contributed by atoms with van der Waals surface area (Å²) in [6.07, 6.45) is -0.368. The van der Waals surface area contributed by atoms with Gasteiger partial charge in [0, 0.05) is 23.7 Å². The van der Waals surface area contributed by atoms with Crippen molar-refractivity contribution in [3.05, 3.63) is 64.7 Å². The van der Waals surface area contributed by atoms with Gasteiger partial charge in [-0.2, -0.15) is 0 Å². The van der Waals surface area contributed by atoms with Gasteiger partial charge in [-0.05, 0) is 30.2 Å². The predicted molar refractivity (Wildman–Crippen MR) is 94.0 cm³/mol. The Balaban J connectivity index is 1.83. The number of halogens is 1. The summed E-state index contributed by atoms with van der Waals surface area (Å²) < 4.78 is 0. The van der Waals surface area contributed by atoms with Crippen molar-refractivity contribution >= 4 is 29.1 Å². The maximum atomic E-state index is 11.9. The zero-order valence-electron chi connectivity index (χ0n) is 13.3. The molecule has 5 nitrogen and oxygen atoms in total. The molecular weight excluding hydrogens is 328 g/mol. The Kier molecular flexibility index (Phi) is 6.35. The molecule has 126 valence electrons. The molecule has 6 heteroatoms. The molecule has 0 saturated heterocycles. The topological polar surface area (TPSA) is 78.4 Å². The minimum atomic E-state index is -0.804. The van der Waals surface area contributed by atoms with Crippen LogP contribution in [-0.4, -0.2) is 29.6 Å². The average molecular weight is 347 g/mol. The van der Waals surface area contributed by atoms with E-state index in [-0.39, 0.29) is 6.54 Å². The van der Waals surface area contributed by atoms with Crippen molar-refractivity contribution in [1.29, 1.82) is 0 Å². The molecule has 0 radical (unpaired) electrons. The second-order valence-corrected chi connectivity index (χ2v) is 5.90. The molecule has 2 aromatic carbocycles. The Bertz CT molecular complexity index is 719. The van der Waals surface area contributed by atoms with Gasteiger partial charge in [0.1, 0.15) is 0 Å². The first-order chi connectivity index (χ1) is 11.5. The first kappa shape index (κ1) is 18.0. The van der Waals surface area contributed by atoms with Gasteiger partial charge in [-0.25, -0.2) is 0 Å². The van der Waals surface area contributed by atoms with E-state index in [1.54, 1.807) is 25.1 Å². The Morgan fingerprint density at radius 3 is 2.54 bits per heavy atom. The minimum absolute atomic E-state index is 0.00429. The number of aliphatic hydroxyl groups is 1. The summed E-state index contributed by atoms with van der Waals surface area (Å²) in [7, 11) is 0. The van der Waals surface area contributed by atoms with Crippen LogP contribution in [0.25, 0.3) is 0 Å². The van der Waals surface area contributed by atoms with Gasteiger partial charge in [0.25, 0.3) is 0 Å². The monoisotopic (exact) mass is 346 g/mol. The molecule has 2 rings (SSSR count). The highest BCUT2D eigenvalue weighted by molar-refractivity contribution is 6.40. The number of benzene rings is 2. The van der Waals surface area contributed by atoms with E-state index < -0.39 is 17.9 Å². The van der Waals surface area contributed by atoms with Crippen LogP contribution in [0.4, 0.5) is 5.69 Å². The van der Waals surface area contributed by atoms with Gasteiger partial charge >= 0.3 is 11.8 Å². The van der Waals surface area contributed by atoms with Crippen molar-refractivity contribution in [2.45, 2.75) is 19.4 Å². The lowest BCUT2D eigenvalue weighted by Crippen LogP contribution is -2.40. The lowest BCUT2D eigenvalue weighted by atomic mass is 10.1. The minimum Gasteiger partial charge on any atom is -0.391 e. The number of anilines is 1. The Morgan fingerprint density at radius 2 is 1.83 bits per heavy atom. The van der Waals surface area contributed by atoms with Gasteiger partial charge in [-0.1, -0.05) is 48.0 Å². The molecule has 0 aliphatic rings. The van der Waals surface area contributed by atoms with E-state index in [0.29, 0.717) is 17.1 Å². The molecule has 0 aromatic heterocycles. The summed E-state index contributed by atoms with van der Waals surface area (Å²) in [4.78, 5) is 23.7. The number of amides is 2. The fraction of sp³-hybridized carbons (Fsp3) is 0.222. The molecule has 1 unspecified atom stereocenters. The van der Waals surface area contributed by atoms with Crippen LogP contribution in [0.5, 0.6) is 0 Å². The highest BCUT2D eigenvalue weighted by atomic mass is 35.5. The zero-order chi connectivity index (χ0) is 17.5. The smallest absolute Gasteiger partial charge is 0.313 e. The second-order valence-electron chi connectivity index (χ2n) is 5.47. The highest BCUT2D eigenvalue weighted by Crippen LogP contribution is 2.19. The van der Waals surface area contributed by atoms with Gasteiger partial charge in [-0.3, -0.25) is 9.59 Å². The number of aryl methyl sites for hydroxylation is 1. The summed E-state index contributed by atoms with van der Waals surface area (Å²) in [5.41, 5.74) is 2.23. The first-order valence-electron chi connectivity index (χ1n) is 7.53. The van der Waals surface area contributed by atoms with Crippen LogP contribution in [0.3, 0.4) is 0 Å². The normalized spacial score (nSPS) is 11.6. The van der Waals surface area contributed by atoms with Gasteiger partial charge in [0.05, 0.1) is 6.10 Å². The van der Waals surface area contributed by atoms with Crippen LogP contribution in [0.2, 0.25) is 5.02 Å². The number of nitrogens with one attached hydrogen (secondary N) is 2. The maximum Gasteiger partial charge on any atom is 0.313 e. The maximum absolute atomic E-state index is 11.9. The van der Waals surface area contributed by atoms with E-state index in [4.69, 9.17) is 11.6 Å². The van der Waals surface area contributed by atoms with E-state index in [2.05, 4.69) is 10.6 Å². The van der Waals surface area contributed by atoms with Gasteiger partial charge in [0.2, 0.25) is 0 Å². The van der Waals surface area contributed by atoms with Crippen LogP contribution in [-0.2, 0) is 16.0 Å². The van der Waals surface area contributed by atoms with Crippen molar-refractivity contribution in [2.75, 3.05) is 11.9 Å². The standard InChI is InChI=1S/C18H19ClN2O3/c1-12-7-8-14(19)10-16(12)21-18(24)17(23)20-11-15(22)9-13-5-3-2-4-6-13/h2-8,10,15,22H,9,11H2,1H3,(H,20,23)(H,21,24). The number of hydrogen-bond donors (Lipinski definition) is 3. The van der Waals surface area contributed by atoms with Crippen LogP contribution in [0, 0.1) is 6.92 Å². The summed E-state index contributed by atoms with van der Waals surface area (Å²) >= 11 is 5.87. The lowest BCUT2D eigenvalue weighted by molar-refractivity contribution is -0.136. The van der Waals surface area contributed by atoms with Crippen molar-refractivity contribution in [3.63, 3.8) is 0 Å². The molecule has 3 N–H and O–H groups in total. The summed E-state index contributed by atoms with van der Waals surface area (Å²) in [5.74, 6) is -1.60. The Morgan fingerprint density at radius 1 is 1.12 bits per heavy atom. The van der Waals surface area contributed by atoms with Crippen molar-refractivity contribution in [1.82, 2.24) is 5.32 Å². The molecule has 0 spiro atoms. The molecule has 0 bridgehead atoms. The Hall–Kier alpha value is -2.37. The molecule has 0 aliphatic carbocycles. The van der Waals surface area contributed by atoms with E-state index >= 15 is 0 Å². The molecule has 0 saturated carbocycles. The fourth-order valence-corrected chi connectivity index (χ4v) is 2.33. The predicted octanol–water partition coefficient (Wildman–Crippen LogP) is 2.31. The molecule has 24 heavy (non-hydrogen) atoms. The van der Waals surface area contributed by atoms with Gasteiger partial charge < -0.3 is 15.7 Å². The number of aliphatic hydroxyl groups excluding tert-OH is 1. The summed E-state index contributed by atoms with van der Waals surface area (Å²) in [6.45, 7) is 1.79. The molecule has 1 atom stereocenters. The number of carbonyl (C=O) groups is 2. The van der Waals surface area contributed by atoms with Crippen LogP contribution < -0.4 is 10.6 Å². The third kappa shape index (κ3) is 5.37. The number of carbonyl (C=O) groups excluding carboxylic acids is 2. The van der Waals surface area contributed by atoms with E-state index in [9.17, 15) is 14.7 Å².